The first kappa shape index (κ1) is 12.9. The predicted molar refractivity (Wildman–Crippen MR) is 62.0 cm³/mol. The molecule has 0 aromatic heterocycles. The average molecular weight is 215 g/mol. The van der Waals surface area contributed by atoms with E-state index in [9.17, 15) is 0 Å². The number of aliphatic hydroxyl groups excluding tert-OH is 1. The molecule has 0 radical (unpaired) electrons. The number of hydrogen-bond acceptors (Lipinski definition) is 3. The van der Waals surface area contributed by atoms with E-state index < -0.39 is 0 Å². The van der Waals surface area contributed by atoms with Crippen LogP contribution in [-0.4, -0.2) is 37.5 Å². The summed E-state index contributed by atoms with van der Waals surface area (Å²) in [6.07, 6.45) is 9.06. The highest BCUT2D eigenvalue weighted by molar-refractivity contribution is 4.65. The van der Waals surface area contributed by atoms with E-state index in [1.165, 1.54) is 32.1 Å². The smallest absolute Gasteiger partial charge is 0.0594 e. The Labute approximate surface area is 93.2 Å². The Morgan fingerprint density at radius 1 is 1.07 bits per heavy atom. The number of hydrogen-bond donors (Lipinski definition) is 2. The molecule has 1 saturated carbocycles. The van der Waals surface area contributed by atoms with Crippen molar-refractivity contribution in [2.75, 3.05) is 26.3 Å². The summed E-state index contributed by atoms with van der Waals surface area (Å²) in [6, 6.07) is 0. The Hall–Kier alpha value is -0.120. The lowest BCUT2D eigenvalue weighted by atomic mass is 9.98. The van der Waals surface area contributed by atoms with Crippen molar-refractivity contribution in [2.24, 2.45) is 0 Å². The van der Waals surface area contributed by atoms with Crippen LogP contribution < -0.4 is 5.32 Å². The lowest BCUT2D eigenvalue weighted by Gasteiger charge is -2.22. The van der Waals surface area contributed by atoms with Gasteiger partial charge in [-0.3, -0.25) is 0 Å². The molecule has 1 aliphatic rings. The number of nitrogens with one attached hydrogen (secondary N) is 1. The molecule has 0 atom stereocenters. The van der Waals surface area contributed by atoms with Gasteiger partial charge in [0.2, 0.25) is 0 Å². The van der Waals surface area contributed by atoms with Crippen molar-refractivity contribution in [2.45, 2.75) is 51.0 Å². The van der Waals surface area contributed by atoms with Crippen LogP contribution in [0, 0.1) is 0 Å². The quantitative estimate of drug-likeness (QED) is 0.606. The highest BCUT2D eigenvalue weighted by atomic mass is 16.5. The van der Waals surface area contributed by atoms with Gasteiger partial charge in [0, 0.05) is 13.2 Å². The van der Waals surface area contributed by atoms with Gasteiger partial charge in [-0.25, -0.2) is 0 Å². The molecular formula is C12H25NO2. The SMILES string of the molecule is OCCCCNCCOC1CCCCC1. The second-order valence-electron chi connectivity index (χ2n) is 4.31. The van der Waals surface area contributed by atoms with Gasteiger partial charge in [0.1, 0.15) is 0 Å². The molecular weight excluding hydrogens is 190 g/mol. The van der Waals surface area contributed by atoms with Crippen molar-refractivity contribution in [1.29, 1.82) is 0 Å². The van der Waals surface area contributed by atoms with Gasteiger partial charge in [-0.05, 0) is 32.2 Å². The summed E-state index contributed by atoms with van der Waals surface area (Å²) in [7, 11) is 0. The van der Waals surface area contributed by atoms with Gasteiger partial charge in [-0.2, -0.15) is 0 Å². The van der Waals surface area contributed by atoms with E-state index >= 15 is 0 Å². The summed E-state index contributed by atoms with van der Waals surface area (Å²) in [4.78, 5) is 0. The Morgan fingerprint density at radius 2 is 1.87 bits per heavy atom. The first-order valence-corrected chi connectivity index (χ1v) is 6.36. The zero-order valence-corrected chi connectivity index (χ0v) is 9.71. The number of unbranched alkanes of at least 4 members (excludes halogenated alkanes) is 1. The van der Waals surface area contributed by atoms with Gasteiger partial charge in [-0.15, -0.1) is 0 Å². The lowest BCUT2D eigenvalue weighted by Crippen LogP contribution is -2.25. The summed E-state index contributed by atoms with van der Waals surface area (Å²) in [5, 5.41) is 11.9. The predicted octanol–water partition coefficient (Wildman–Crippen LogP) is 1.70. The van der Waals surface area contributed by atoms with Crippen molar-refractivity contribution < 1.29 is 9.84 Å². The Kier molecular flexibility index (Phi) is 7.88. The molecule has 1 rings (SSSR count). The Morgan fingerprint density at radius 3 is 2.60 bits per heavy atom. The summed E-state index contributed by atoms with van der Waals surface area (Å²) < 4.78 is 5.78. The highest BCUT2D eigenvalue weighted by Gasteiger charge is 2.12. The number of rotatable bonds is 8. The minimum absolute atomic E-state index is 0.306. The highest BCUT2D eigenvalue weighted by Crippen LogP contribution is 2.19. The molecule has 0 saturated heterocycles. The maximum Gasteiger partial charge on any atom is 0.0594 e. The summed E-state index contributed by atoms with van der Waals surface area (Å²) in [6.45, 7) is 3.08. The van der Waals surface area contributed by atoms with Crippen molar-refractivity contribution in [3.63, 3.8) is 0 Å². The van der Waals surface area contributed by atoms with Crippen molar-refractivity contribution in [3.8, 4) is 0 Å². The van der Waals surface area contributed by atoms with Gasteiger partial charge in [0.05, 0.1) is 12.7 Å². The number of aliphatic hydroxyl groups is 1. The summed E-state index contributed by atoms with van der Waals surface area (Å²) >= 11 is 0. The zero-order chi connectivity index (χ0) is 10.8. The van der Waals surface area contributed by atoms with Crippen LogP contribution >= 0.6 is 0 Å². The lowest BCUT2D eigenvalue weighted by molar-refractivity contribution is 0.0303. The molecule has 0 spiro atoms. The molecule has 0 bridgehead atoms. The van der Waals surface area contributed by atoms with Crippen molar-refractivity contribution >= 4 is 0 Å². The molecule has 1 fully saturated rings. The van der Waals surface area contributed by atoms with E-state index in [-0.39, 0.29) is 0 Å². The van der Waals surface area contributed by atoms with E-state index in [1.807, 2.05) is 0 Å². The van der Waals surface area contributed by atoms with Gasteiger partial charge in [-0.1, -0.05) is 19.3 Å². The molecule has 2 N–H and O–H groups in total. The van der Waals surface area contributed by atoms with E-state index in [2.05, 4.69) is 5.32 Å². The van der Waals surface area contributed by atoms with Crippen LogP contribution in [0.5, 0.6) is 0 Å². The first-order chi connectivity index (χ1) is 7.43. The molecule has 15 heavy (non-hydrogen) atoms. The maximum atomic E-state index is 8.59. The van der Waals surface area contributed by atoms with Gasteiger partial charge in [0.15, 0.2) is 0 Å². The van der Waals surface area contributed by atoms with Gasteiger partial charge < -0.3 is 15.2 Å². The van der Waals surface area contributed by atoms with Gasteiger partial charge in [0.25, 0.3) is 0 Å². The Bertz CT molecular complexity index is 136. The van der Waals surface area contributed by atoms with Crippen LogP contribution in [0.4, 0.5) is 0 Å². The largest absolute Gasteiger partial charge is 0.396 e. The van der Waals surface area contributed by atoms with Crippen LogP contribution in [0.2, 0.25) is 0 Å². The second-order valence-corrected chi connectivity index (χ2v) is 4.31. The first-order valence-electron chi connectivity index (χ1n) is 6.36. The van der Waals surface area contributed by atoms with E-state index in [0.717, 1.165) is 32.5 Å². The molecule has 3 nitrogen and oxygen atoms in total. The molecule has 0 unspecified atom stereocenters. The second kappa shape index (κ2) is 9.13. The summed E-state index contributed by atoms with van der Waals surface area (Å²) in [5.41, 5.74) is 0. The fourth-order valence-corrected chi connectivity index (χ4v) is 2.02. The summed E-state index contributed by atoms with van der Waals surface area (Å²) in [5.74, 6) is 0. The normalized spacial score (nSPS) is 18.2. The van der Waals surface area contributed by atoms with Gasteiger partial charge >= 0.3 is 0 Å². The minimum Gasteiger partial charge on any atom is -0.396 e. The molecule has 0 heterocycles. The zero-order valence-electron chi connectivity index (χ0n) is 9.71. The van der Waals surface area contributed by atoms with Crippen LogP contribution in [0.25, 0.3) is 0 Å². The average Bonchev–Trinajstić information content (AvgIpc) is 2.29. The molecule has 0 aliphatic heterocycles. The standard InChI is InChI=1S/C12H25NO2/c14-10-5-4-8-13-9-11-15-12-6-2-1-3-7-12/h12-14H,1-11H2. The van der Waals surface area contributed by atoms with E-state index in [0.29, 0.717) is 12.7 Å². The fourth-order valence-electron chi connectivity index (χ4n) is 2.02. The number of ether oxygens (including phenoxy) is 1. The third-order valence-electron chi connectivity index (χ3n) is 2.95. The fraction of sp³-hybridized carbons (Fsp3) is 1.00. The van der Waals surface area contributed by atoms with E-state index in [4.69, 9.17) is 9.84 Å². The van der Waals surface area contributed by atoms with Crippen LogP contribution in [0.1, 0.15) is 44.9 Å². The van der Waals surface area contributed by atoms with Crippen molar-refractivity contribution in [1.82, 2.24) is 5.32 Å². The maximum absolute atomic E-state index is 8.59. The topological polar surface area (TPSA) is 41.5 Å². The molecule has 90 valence electrons. The minimum atomic E-state index is 0.306. The molecule has 0 aromatic rings. The van der Waals surface area contributed by atoms with Crippen molar-refractivity contribution in [3.05, 3.63) is 0 Å². The van der Waals surface area contributed by atoms with Crippen LogP contribution in [0.15, 0.2) is 0 Å². The van der Waals surface area contributed by atoms with Crippen LogP contribution in [0.3, 0.4) is 0 Å². The third-order valence-corrected chi connectivity index (χ3v) is 2.95. The Balaban J connectivity index is 1.79. The molecule has 1 aliphatic carbocycles. The molecule has 0 amide bonds. The third kappa shape index (κ3) is 6.88. The molecule has 0 aromatic carbocycles. The van der Waals surface area contributed by atoms with Crippen LogP contribution in [-0.2, 0) is 4.74 Å². The monoisotopic (exact) mass is 215 g/mol. The van der Waals surface area contributed by atoms with E-state index in [1.54, 1.807) is 0 Å². The molecule has 3 heteroatoms.